The normalized spacial score (nSPS) is 17.3. The van der Waals surface area contributed by atoms with Gasteiger partial charge >= 0.3 is 18.3 Å². The third-order valence-corrected chi connectivity index (χ3v) is 7.13. The zero-order chi connectivity index (χ0) is 30.5. The highest BCUT2D eigenvalue weighted by Gasteiger charge is 2.71. The van der Waals surface area contributed by atoms with Crippen LogP contribution in [-0.2, 0) is 28.2 Å². The van der Waals surface area contributed by atoms with Gasteiger partial charge in [0, 0.05) is 50.7 Å². The number of aliphatic hydroxyl groups excluding tert-OH is 1. The standard InChI is InChI=1S/C29H29F6N3O4/c30-28(31,32)27(41,29(33,34)35)24-7-5-23(6-8-24)22-3-1-20(2-4-22)17-37-13-14-38(18-21-9-11-36-12-10-21)25(19-37)26(40)42-16-15-39/h1-12,25,39,41H,13-19H2/t25-/m0/s1. The largest absolute Gasteiger partial charge is 0.462 e. The fraction of sp³-hybridized carbons (Fsp3) is 0.379. The van der Waals surface area contributed by atoms with Gasteiger partial charge in [0.2, 0.25) is 0 Å². The molecule has 2 heterocycles. The predicted molar refractivity (Wildman–Crippen MR) is 140 cm³/mol. The molecule has 1 aliphatic heterocycles. The molecule has 1 atom stereocenters. The average molecular weight is 598 g/mol. The van der Waals surface area contributed by atoms with Crippen molar-refractivity contribution in [3.05, 3.63) is 89.7 Å². The van der Waals surface area contributed by atoms with Gasteiger partial charge in [-0.3, -0.25) is 19.6 Å². The van der Waals surface area contributed by atoms with Gasteiger partial charge in [0.15, 0.2) is 0 Å². The second-order valence-corrected chi connectivity index (χ2v) is 9.95. The van der Waals surface area contributed by atoms with Crippen LogP contribution >= 0.6 is 0 Å². The molecule has 0 aliphatic carbocycles. The summed E-state index contributed by atoms with van der Waals surface area (Å²) in [7, 11) is 0. The first kappa shape index (κ1) is 31.4. The molecule has 1 aliphatic rings. The van der Waals surface area contributed by atoms with Crippen LogP contribution in [-0.4, -0.2) is 82.2 Å². The van der Waals surface area contributed by atoms with E-state index in [9.17, 15) is 36.2 Å². The molecule has 0 saturated carbocycles. The van der Waals surface area contributed by atoms with Crippen molar-refractivity contribution < 1.29 is 46.1 Å². The van der Waals surface area contributed by atoms with Crippen LogP contribution in [0, 0.1) is 0 Å². The van der Waals surface area contributed by atoms with Gasteiger partial charge in [-0.25, -0.2) is 0 Å². The Balaban J connectivity index is 1.44. The van der Waals surface area contributed by atoms with Gasteiger partial charge in [0.25, 0.3) is 5.60 Å². The van der Waals surface area contributed by atoms with E-state index in [1.807, 2.05) is 17.0 Å². The highest BCUT2D eigenvalue weighted by molar-refractivity contribution is 5.76. The predicted octanol–water partition coefficient (Wildman–Crippen LogP) is 4.28. The van der Waals surface area contributed by atoms with Crippen LogP contribution in [0.3, 0.4) is 0 Å². The van der Waals surface area contributed by atoms with Gasteiger partial charge in [0.05, 0.1) is 6.61 Å². The average Bonchev–Trinajstić information content (AvgIpc) is 2.96. The first-order chi connectivity index (χ1) is 19.8. The summed E-state index contributed by atoms with van der Waals surface area (Å²) in [5.74, 6) is -0.440. The molecule has 1 saturated heterocycles. The third kappa shape index (κ3) is 6.92. The number of carbonyl (C=O) groups excluding carboxylic acids is 1. The van der Waals surface area contributed by atoms with Crippen LogP contribution in [0.25, 0.3) is 11.1 Å². The van der Waals surface area contributed by atoms with Crippen molar-refractivity contribution in [2.75, 3.05) is 32.8 Å². The Labute approximate surface area is 238 Å². The maximum Gasteiger partial charge on any atom is 0.430 e. The molecule has 42 heavy (non-hydrogen) atoms. The molecule has 1 aromatic heterocycles. The molecule has 0 radical (unpaired) electrons. The summed E-state index contributed by atoms with van der Waals surface area (Å²) >= 11 is 0. The lowest BCUT2D eigenvalue weighted by Gasteiger charge is -2.40. The minimum atomic E-state index is -5.95. The Morgan fingerprint density at radius 1 is 0.833 bits per heavy atom. The van der Waals surface area contributed by atoms with Gasteiger partial charge in [-0.1, -0.05) is 48.5 Å². The van der Waals surface area contributed by atoms with Crippen molar-refractivity contribution in [1.82, 2.24) is 14.8 Å². The van der Waals surface area contributed by atoms with Crippen LogP contribution in [0.5, 0.6) is 0 Å². The topological polar surface area (TPSA) is 86.1 Å². The molecule has 4 rings (SSSR count). The molecule has 0 spiro atoms. The van der Waals surface area contributed by atoms with E-state index in [-0.39, 0.29) is 13.2 Å². The highest BCUT2D eigenvalue weighted by atomic mass is 19.4. The fourth-order valence-electron chi connectivity index (χ4n) is 4.85. The first-order valence-electron chi connectivity index (χ1n) is 13.0. The van der Waals surface area contributed by atoms with E-state index >= 15 is 0 Å². The maximum absolute atomic E-state index is 13.2. The number of aliphatic hydroxyl groups is 2. The molecule has 2 N–H and O–H groups in total. The molecule has 0 amide bonds. The summed E-state index contributed by atoms with van der Waals surface area (Å²) in [5, 5.41) is 18.7. The number of carbonyl (C=O) groups is 1. The molecule has 1 fully saturated rings. The van der Waals surface area contributed by atoms with Crippen LogP contribution in [0.2, 0.25) is 0 Å². The lowest BCUT2D eigenvalue weighted by molar-refractivity contribution is -0.376. The minimum Gasteiger partial charge on any atom is -0.462 e. The second-order valence-electron chi connectivity index (χ2n) is 9.95. The highest BCUT2D eigenvalue weighted by Crippen LogP contribution is 2.50. The van der Waals surface area contributed by atoms with E-state index in [4.69, 9.17) is 9.84 Å². The molecule has 0 unspecified atom stereocenters. The van der Waals surface area contributed by atoms with E-state index in [1.165, 1.54) is 0 Å². The molecule has 13 heteroatoms. The molecule has 3 aromatic rings. The number of aromatic nitrogens is 1. The van der Waals surface area contributed by atoms with Gasteiger partial charge in [-0.05, 0) is 34.4 Å². The lowest BCUT2D eigenvalue weighted by atomic mass is 9.90. The molecular formula is C29H29F6N3O4. The van der Waals surface area contributed by atoms with E-state index < -0.39 is 35.5 Å². The summed E-state index contributed by atoms with van der Waals surface area (Å²) in [6, 6.07) is 13.5. The number of esters is 1. The first-order valence-corrected chi connectivity index (χ1v) is 13.0. The zero-order valence-corrected chi connectivity index (χ0v) is 22.3. The smallest absolute Gasteiger partial charge is 0.430 e. The Morgan fingerprint density at radius 3 is 1.93 bits per heavy atom. The number of benzene rings is 2. The van der Waals surface area contributed by atoms with Crippen molar-refractivity contribution >= 4 is 5.97 Å². The van der Waals surface area contributed by atoms with Gasteiger partial charge in [-0.2, -0.15) is 26.3 Å². The number of nitrogens with zero attached hydrogens (tertiary/aromatic N) is 3. The van der Waals surface area contributed by atoms with Crippen LogP contribution in [0.4, 0.5) is 26.3 Å². The van der Waals surface area contributed by atoms with Crippen LogP contribution in [0.15, 0.2) is 73.1 Å². The Hall–Kier alpha value is -3.52. The van der Waals surface area contributed by atoms with Crippen molar-refractivity contribution in [3.8, 4) is 11.1 Å². The number of pyridine rings is 1. The van der Waals surface area contributed by atoms with Crippen molar-refractivity contribution in [2.24, 2.45) is 0 Å². The Bertz CT molecular complexity index is 1300. The van der Waals surface area contributed by atoms with Crippen LogP contribution in [0.1, 0.15) is 16.7 Å². The number of hydrogen-bond acceptors (Lipinski definition) is 7. The number of halogens is 6. The van der Waals surface area contributed by atoms with E-state index in [1.54, 1.807) is 36.7 Å². The fourth-order valence-corrected chi connectivity index (χ4v) is 4.85. The Morgan fingerprint density at radius 2 is 1.38 bits per heavy atom. The maximum atomic E-state index is 13.2. The summed E-state index contributed by atoms with van der Waals surface area (Å²) in [6.07, 6.45) is -8.55. The zero-order valence-electron chi connectivity index (χ0n) is 22.3. The number of hydrogen-bond donors (Lipinski definition) is 2. The summed E-state index contributed by atoms with van der Waals surface area (Å²) in [4.78, 5) is 20.9. The van der Waals surface area contributed by atoms with E-state index in [0.29, 0.717) is 56.0 Å². The van der Waals surface area contributed by atoms with Crippen molar-refractivity contribution in [3.63, 3.8) is 0 Å². The number of alkyl halides is 6. The summed E-state index contributed by atoms with van der Waals surface area (Å²) in [5.41, 5.74) is -3.51. The number of ether oxygens (including phenoxy) is 1. The SMILES string of the molecule is O=C(OCCO)[C@@H]1CN(Cc2ccc(-c3ccc(C(O)(C(F)(F)F)C(F)(F)F)cc3)cc2)CCN1Cc1ccncc1. The molecule has 226 valence electrons. The Kier molecular flexibility index (Phi) is 9.56. The van der Waals surface area contributed by atoms with Crippen molar-refractivity contribution in [2.45, 2.75) is 37.1 Å². The molecule has 2 aromatic carbocycles. The minimum absolute atomic E-state index is 0.105. The van der Waals surface area contributed by atoms with Crippen LogP contribution < -0.4 is 0 Å². The molecule has 7 nitrogen and oxygen atoms in total. The lowest BCUT2D eigenvalue weighted by Crippen LogP contribution is -2.56. The van der Waals surface area contributed by atoms with Gasteiger partial charge in [0.1, 0.15) is 12.6 Å². The number of piperazine rings is 1. The molecule has 0 bridgehead atoms. The third-order valence-electron chi connectivity index (χ3n) is 7.13. The monoisotopic (exact) mass is 597 g/mol. The van der Waals surface area contributed by atoms with Gasteiger partial charge in [-0.15, -0.1) is 0 Å². The second kappa shape index (κ2) is 12.8. The van der Waals surface area contributed by atoms with Gasteiger partial charge < -0.3 is 14.9 Å². The van der Waals surface area contributed by atoms with E-state index in [0.717, 1.165) is 23.3 Å². The molecular weight excluding hydrogens is 568 g/mol. The van der Waals surface area contributed by atoms with Crippen molar-refractivity contribution in [1.29, 1.82) is 0 Å². The number of rotatable bonds is 9. The quantitative estimate of drug-likeness (QED) is 0.281. The van der Waals surface area contributed by atoms with E-state index in [2.05, 4.69) is 9.88 Å². The summed E-state index contributed by atoms with van der Waals surface area (Å²) in [6.45, 7) is 2.22. The summed E-state index contributed by atoms with van der Waals surface area (Å²) < 4.78 is 84.3.